The van der Waals surface area contributed by atoms with Crippen molar-refractivity contribution in [1.82, 2.24) is 0 Å². The van der Waals surface area contributed by atoms with Crippen molar-refractivity contribution < 1.29 is 18.7 Å². The van der Waals surface area contributed by atoms with E-state index < -0.39 is 0 Å². The molecule has 0 bridgehead atoms. The van der Waals surface area contributed by atoms with Gasteiger partial charge in [0.25, 0.3) is 5.91 Å². The van der Waals surface area contributed by atoms with Gasteiger partial charge < -0.3 is 14.8 Å². The van der Waals surface area contributed by atoms with Gasteiger partial charge >= 0.3 is 0 Å². The molecule has 2 aromatic carbocycles. The number of methoxy groups -OCH3 is 2. The van der Waals surface area contributed by atoms with Gasteiger partial charge in [-0.2, -0.15) is 0 Å². The van der Waals surface area contributed by atoms with E-state index in [4.69, 9.17) is 9.47 Å². The van der Waals surface area contributed by atoms with Crippen molar-refractivity contribution in [3.8, 4) is 11.5 Å². The van der Waals surface area contributed by atoms with Crippen LogP contribution in [0.5, 0.6) is 11.5 Å². The quantitative estimate of drug-likeness (QED) is 0.751. The molecule has 6 heteroatoms. The second-order valence-corrected chi connectivity index (χ2v) is 6.32. The summed E-state index contributed by atoms with van der Waals surface area (Å²) < 4.78 is 25.0. The lowest BCUT2D eigenvalue weighted by molar-refractivity contribution is 0.103. The molecule has 124 valence electrons. The van der Waals surface area contributed by atoms with Crippen LogP contribution in [0.2, 0.25) is 0 Å². The molecule has 0 saturated carbocycles. The second kappa shape index (κ2) is 6.49. The lowest BCUT2D eigenvalue weighted by Crippen LogP contribution is -2.11. The summed E-state index contributed by atoms with van der Waals surface area (Å²) in [6.07, 6.45) is 0. The largest absolute Gasteiger partial charge is 0.493 e. The summed E-state index contributed by atoms with van der Waals surface area (Å²) in [6.45, 7) is 1.86. The van der Waals surface area contributed by atoms with Gasteiger partial charge in [-0.25, -0.2) is 4.39 Å². The van der Waals surface area contributed by atoms with E-state index in [1.54, 1.807) is 37.4 Å². The van der Waals surface area contributed by atoms with Crippen LogP contribution in [-0.4, -0.2) is 20.1 Å². The third kappa shape index (κ3) is 2.92. The van der Waals surface area contributed by atoms with Crippen molar-refractivity contribution in [3.63, 3.8) is 0 Å². The molecule has 0 fully saturated rings. The zero-order valence-electron chi connectivity index (χ0n) is 13.5. The zero-order chi connectivity index (χ0) is 17.3. The van der Waals surface area contributed by atoms with E-state index in [9.17, 15) is 9.18 Å². The smallest absolute Gasteiger partial charge is 0.265 e. The Bertz CT molecular complexity index is 920. The number of aryl methyl sites for hydroxylation is 1. The summed E-state index contributed by atoms with van der Waals surface area (Å²) in [4.78, 5) is 13.0. The molecule has 24 heavy (non-hydrogen) atoms. The summed E-state index contributed by atoms with van der Waals surface area (Å²) >= 11 is 1.25. The molecule has 4 nitrogen and oxygen atoms in total. The molecule has 3 rings (SSSR count). The Labute approximate surface area is 142 Å². The zero-order valence-corrected chi connectivity index (χ0v) is 14.3. The van der Waals surface area contributed by atoms with Gasteiger partial charge in [0.15, 0.2) is 11.5 Å². The number of hydrogen-bond donors (Lipinski definition) is 1. The molecule has 0 atom stereocenters. The Morgan fingerprint density at radius 3 is 2.50 bits per heavy atom. The van der Waals surface area contributed by atoms with E-state index in [2.05, 4.69) is 5.32 Å². The fraction of sp³-hybridized carbons (Fsp3) is 0.167. The second-order valence-electron chi connectivity index (χ2n) is 5.24. The maximum atomic E-state index is 13.8. The number of anilines is 1. The van der Waals surface area contributed by atoms with E-state index in [0.29, 0.717) is 27.4 Å². The Hall–Kier alpha value is -2.60. The lowest BCUT2D eigenvalue weighted by atomic mass is 10.1. The van der Waals surface area contributed by atoms with Gasteiger partial charge in [0, 0.05) is 21.8 Å². The molecule has 3 aromatic rings. The molecular formula is C18H16FNO3S. The minimum atomic E-state index is -0.329. The molecule has 1 N–H and O–H groups in total. The van der Waals surface area contributed by atoms with Crippen LogP contribution in [0.15, 0.2) is 36.4 Å². The maximum Gasteiger partial charge on any atom is 0.265 e. The molecule has 0 aliphatic heterocycles. The third-order valence-electron chi connectivity index (χ3n) is 3.71. The Balaban J connectivity index is 1.92. The number of fused-ring (bicyclic) bond motifs is 1. The number of rotatable bonds is 4. The van der Waals surface area contributed by atoms with Crippen molar-refractivity contribution in [2.24, 2.45) is 0 Å². The van der Waals surface area contributed by atoms with Gasteiger partial charge in [-0.05, 0) is 36.8 Å². The first-order valence-corrected chi connectivity index (χ1v) is 8.07. The highest BCUT2D eigenvalue weighted by molar-refractivity contribution is 7.20. The van der Waals surface area contributed by atoms with Crippen molar-refractivity contribution in [3.05, 3.63) is 52.7 Å². The molecule has 0 aliphatic rings. The number of benzene rings is 2. The monoisotopic (exact) mass is 345 g/mol. The van der Waals surface area contributed by atoms with E-state index in [-0.39, 0.29) is 11.7 Å². The van der Waals surface area contributed by atoms with Gasteiger partial charge in [0.1, 0.15) is 5.82 Å². The van der Waals surface area contributed by atoms with Crippen LogP contribution in [0, 0.1) is 12.7 Å². The number of ether oxygens (including phenoxy) is 2. The standard InChI is InChI=1S/C18H16FNO3S/c1-10-7-14(22-2)15(23-3)9-13(10)20-18(21)17-8-11-12(19)5-4-6-16(11)24-17/h4-9H,1-3H3,(H,20,21). The van der Waals surface area contributed by atoms with Crippen LogP contribution in [0.1, 0.15) is 15.2 Å². The Kier molecular flexibility index (Phi) is 4.40. The SMILES string of the molecule is COc1cc(C)c(NC(=O)c2cc3c(F)cccc3s2)cc1OC. The molecule has 0 radical (unpaired) electrons. The molecule has 0 aliphatic carbocycles. The molecule has 1 aromatic heterocycles. The number of carbonyl (C=O) groups excluding carboxylic acids is 1. The van der Waals surface area contributed by atoms with Crippen LogP contribution in [0.4, 0.5) is 10.1 Å². The number of halogens is 1. The minimum Gasteiger partial charge on any atom is -0.493 e. The highest BCUT2D eigenvalue weighted by Gasteiger charge is 2.15. The topological polar surface area (TPSA) is 47.6 Å². The fourth-order valence-electron chi connectivity index (χ4n) is 2.44. The Morgan fingerprint density at radius 1 is 1.12 bits per heavy atom. The maximum absolute atomic E-state index is 13.8. The molecule has 0 unspecified atom stereocenters. The Morgan fingerprint density at radius 2 is 1.83 bits per heavy atom. The van der Waals surface area contributed by atoms with Crippen LogP contribution < -0.4 is 14.8 Å². The van der Waals surface area contributed by atoms with Crippen LogP contribution in [0.25, 0.3) is 10.1 Å². The summed E-state index contributed by atoms with van der Waals surface area (Å²) in [5.41, 5.74) is 1.46. The lowest BCUT2D eigenvalue weighted by Gasteiger charge is -2.13. The molecular weight excluding hydrogens is 329 g/mol. The number of thiophene rings is 1. The highest BCUT2D eigenvalue weighted by atomic mass is 32.1. The first kappa shape index (κ1) is 16.3. The minimum absolute atomic E-state index is 0.286. The summed E-state index contributed by atoms with van der Waals surface area (Å²) in [7, 11) is 3.09. The normalized spacial score (nSPS) is 10.7. The highest BCUT2D eigenvalue weighted by Crippen LogP contribution is 2.34. The molecule has 1 heterocycles. The average molecular weight is 345 g/mol. The van der Waals surface area contributed by atoms with E-state index in [1.807, 2.05) is 6.92 Å². The average Bonchev–Trinajstić information content (AvgIpc) is 3.02. The summed E-state index contributed by atoms with van der Waals surface area (Å²) in [5, 5.41) is 3.30. The van der Waals surface area contributed by atoms with Gasteiger partial charge in [0.2, 0.25) is 0 Å². The fourth-order valence-corrected chi connectivity index (χ4v) is 3.41. The number of carbonyl (C=O) groups is 1. The molecule has 0 spiro atoms. The van der Waals surface area contributed by atoms with Crippen LogP contribution in [-0.2, 0) is 0 Å². The first-order valence-electron chi connectivity index (χ1n) is 7.25. The van der Waals surface area contributed by atoms with Crippen molar-refractivity contribution in [2.45, 2.75) is 6.92 Å². The number of amides is 1. The molecule has 1 amide bonds. The van der Waals surface area contributed by atoms with E-state index in [0.717, 1.165) is 10.3 Å². The van der Waals surface area contributed by atoms with Gasteiger partial charge in [-0.1, -0.05) is 6.07 Å². The third-order valence-corrected chi connectivity index (χ3v) is 4.81. The number of hydrogen-bond acceptors (Lipinski definition) is 4. The molecule has 0 saturated heterocycles. The van der Waals surface area contributed by atoms with E-state index in [1.165, 1.54) is 24.5 Å². The van der Waals surface area contributed by atoms with Gasteiger partial charge in [-0.15, -0.1) is 11.3 Å². The van der Waals surface area contributed by atoms with Gasteiger partial charge in [0.05, 0.1) is 19.1 Å². The predicted octanol–water partition coefficient (Wildman–Crippen LogP) is 4.62. The van der Waals surface area contributed by atoms with Crippen LogP contribution >= 0.6 is 11.3 Å². The summed E-state index contributed by atoms with van der Waals surface area (Å²) in [6, 6.07) is 9.88. The van der Waals surface area contributed by atoms with Gasteiger partial charge in [-0.3, -0.25) is 4.79 Å². The first-order chi connectivity index (χ1) is 11.5. The summed E-state index contributed by atoms with van der Waals surface area (Å²) in [5.74, 6) is 0.508. The van der Waals surface area contributed by atoms with Crippen molar-refractivity contribution >= 4 is 33.0 Å². The predicted molar refractivity (Wildman–Crippen MR) is 94.0 cm³/mol. The van der Waals surface area contributed by atoms with E-state index >= 15 is 0 Å². The van der Waals surface area contributed by atoms with Crippen LogP contribution in [0.3, 0.4) is 0 Å². The number of nitrogens with one attached hydrogen (secondary N) is 1. The van der Waals surface area contributed by atoms with Crippen molar-refractivity contribution in [1.29, 1.82) is 0 Å². The van der Waals surface area contributed by atoms with Crippen molar-refractivity contribution in [2.75, 3.05) is 19.5 Å².